The minimum Gasteiger partial charge on any atom is -0.356 e. The molecule has 2 heterocycles. The lowest BCUT2D eigenvalue weighted by Gasteiger charge is -2.31. The third-order valence-corrected chi connectivity index (χ3v) is 5.76. The molecule has 0 bridgehead atoms. The van der Waals surface area contributed by atoms with Crippen molar-refractivity contribution in [1.82, 2.24) is 4.98 Å². The first-order valence-corrected chi connectivity index (χ1v) is 9.67. The number of hydrogen-bond acceptors (Lipinski definition) is 4. The Bertz CT molecular complexity index is 813. The van der Waals surface area contributed by atoms with Crippen molar-refractivity contribution in [1.29, 1.82) is 0 Å². The Kier molecular flexibility index (Phi) is 5.50. The zero-order chi connectivity index (χ0) is 18.0. The lowest BCUT2D eigenvalue weighted by Crippen LogP contribution is -2.40. The van der Waals surface area contributed by atoms with Gasteiger partial charge in [0.25, 0.3) is 0 Å². The molecule has 0 spiro atoms. The second kappa shape index (κ2) is 7.63. The third-order valence-electron chi connectivity index (χ3n) is 4.56. The number of anilines is 1. The lowest BCUT2D eigenvalue weighted by molar-refractivity contribution is 0.499. The minimum absolute atomic E-state index is 0.336. The predicted octanol–water partition coefficient (Wildman–Crippen LogP) is 5.18. The van der Waals surface area contributed by atoms with Crippen LogP contribution < -0.4 is 10.6 Å². The monoisotopic (exact) mass is 353 g/mol. The lowest BCUT2D eigenvalue weighted by atomic mass is 10.0. The Labute approximate surface area is 155 Å². The van der Waals surface area contributed by atoms with Gasteiger partial charge in [-0.1, -0.05) is 36.0 Å². The second-order valence-corrected chi connectivity index (χ2v) is 8.37. The molecule has 25 heavy (non-hydrogen) atoms. The first-order chi connectivity index (χ1) is 11.9. The van der Waals surface area contributed by atoms with Crippen molar-refractivity contribution in [2.24, 2.45) is 5.73 Å². The highest BCUT2D eigenvalue weighted by Gasteiger charge is 2.17. The van der Waals surface area contributed by atoms with Gasteiger partial charge in [0.2, 0.25) is 0 Å². The summed E-state index contributed by atoms with van der Waals surface area (Å²) in [5, 5.41) is 2.41. The molecule has 1 saturated heterocycles. The van der Waals surface area contributed by atoms with Crippen LogP contribution in [0.3, 0.4) is 0 Å². The largest absolute Gasteiger partial charge is 0.356 e. The molecule has 1 aliphatic rings. The first-order valence-electron chi connectivity index (χ1n) is 8.85. The Morgan fingerprint density at radius 3 is 2.52 bits per heavy atom. The molecule has 3 rings (SSSR count). The van der Waals surface area contributed by atoms with E-state index in [2.05, 4.69) is 61.5 Å². The number of allylic oxidation sites excluding steroid dienone is 2. The molecule has 1 aromatic carbocycles. The van der Waals surface area contributed by atoms with E-state index in [1.165, 1.54) is 26.8 Å². The molecule has 3 nitrogen and oxygen atoms in total. The van der Waals surface area contributed by atoms with Crippen LogP contribution in [0.5, 0.6) is 0 Å². The van der Waals surface area contributed by atoms with E-state index in [0.29, 0.717) is 6.04 Å². The summed E-state index contributed by atoms with van der Waals surface area (Å²) in [6.45, 7) is 12.4. The maximum Gasteiger partial charge on any atom is 0.129 e. The molecular weight excluding hydrogens is 326 g/mol. The van der Waals surface area contributed by atoms with Gasteiger partial charge in [0.05, 0.1) is 0 Å². The van der Waals surface area contributed by atoms with E-state index < -0.39 is 0 Å². The summed E-state index contributed by atoms with van der Waals surface area (Å²) >= 11 is 1.75. The molecule has 1 aliphatic heterocycles. The van der Waals surface area contributed by atoms with Crippen LogP contribution in [0, 0.1) is 0 Å². The molecule has 0 saturated carbocycles. The van der Waals surface area contributed by atoms with Crippen LogP contribution in [0.2, 0.25) is 0 Å². The van der Waals surface area contributed by atoms with Gasteiger partial charge in [0, 0.05) is 35.6 Å². The van der Waals surface area contributed by atoms with Gasteiger partial charge in [0.1, 0.15) is 5.82 Å². The number of nitrogens with two attached hydrogens (primary N) is 1. The Morgan fingerprint density at radius 1 is 1.16 bits per heavy atom. The van der Waals surface area contributed by atoms with Crippen molar-refractivity contribution in [3.05, 3.63) is 53.1 Å². The fourth-order valence-corrected chi connectivity index (χ4v) is 3.99. The molecule has 1 fully saturated rings. The van der Waals surface area contributed by atoms with E-state index >= 15 is 0 Å². The molecule has 2 N–H and O–H groups in total. The summed E-state index contributed by atoms with van der Waals surface area (Å²) in [5.41, 5.74) is 8.59. The van der Waals surface area contributed by atoms with E-state index in [1.807, 2.05) is 6.20 Å². The van der Waals surface area contributed by atoms with Gasteiger partial charge in [-0.25, -0.2) is 4.98 Å². The maximum atomic E-state index is 6.03. The van der Waals surface area contributed by atoms with Crippen LogP contribution in [0.1, 0.15) is 39.2 Å². The highest BCUT2D eigenvalue weighted by molar-refractivity contribution is 8.11. The quantitative estimate of drug-likeness (QED) is 0.822. The van der Waals surface area contributed by atoms with Crippen LogP contribution in [0.25, 0.3) is 15.7 Å². The van der Waals surface area contributed by atoms with E-state index in [0.717, 1.165) is 36.7 Å². The molecule has 4 heteroatoms. The highest BCUT2D eigenvalue weighted by atomic mass is 32.2. The summed E-state index contributed by atoms with van der Waals surface area (Å²) in [7, 11) is 0. The predicted molar refractivity (Wildman–Crippen MR) is 112 cm³/mol. The Balaban J connectivity index is 1.96. The van der Waals surface area contributed by atoms with Gasteiger partial charge in [0.15, 0.2) is 0 Å². The molecular formula is C21H27N3S. The van der Waals surface area contributed by atoms with Crippen molar-refractivity contribution >= 4 is 33.3 Å². The Hall–Kier alpha value is -1.78. The maximum absolute atomic E-state index is 6.03. The number of fused-ring (bicyclic) bond motifs is 1. The second-order valence-electron chi connectivity index (χ2n) is 7.06. The number of pyridine rings is 1. The molecule has 0 atom stereocenters. The van der Waals surface area contributed by atoms with Crippen molar-refractivity contribution < 1.29 is 0 Å². The number of benzene rings is 1. The zero-order valence-electron chi connectivity index (χ0n) is 15.4. The summed E-state index contributed by atoms with van der Waals surface area (Å²) in [6.07, 6.45) is 4.06. The van der Waals surface area contributed by atoms with Crippen molar-refractivity contribution in [3.8, 4) is 0 Å². The van der Waals surface area contributed by atoms with Crippen LogP contribution in [0.15, 0.2) is 47.5 Å². The zero-order valence-corrected chi connectivity index (χ0v) is 16.2. The summed E-state index contributed by atoms with van der Waals surface area (Å²) in [4.78, 5) is 9.41. The van der Waals surface area contributed by atoms with E-state index in [1.54, 1.807) is 11.8 Å². The summed E-state index contributed by atoms with van der Waals surface area (Å²) in [6, 6.07) is 9.16. The van der Waals surface area contributed by atoms with Gasteiger partial charge in [-0.05, 0) is 61.6 Å². The fraction of sp³-hybridized carbons (Fsp3) is 0.381. The van der Waals surface area contributed by atoms with E-state index in [4.69, 9.17) is 5.73 Å². The minimum atomic E-state index is 0.336. The number of rotatable bonds is 4. The fourth-order valence-electron chi connectivity index (χ4n) is 3.20. The van der Waals surface area contributed by atoms with Gasteiger partial charge in [-0.2, -0.15) is 0 Å². The van der Waals surface area contributed by atoms with Gasteiger partial charge >= 0.3 is 0 Å². The summed E-state index contributed by atoms with van der Waals surface area (Å²) in [5.74, 6) is 1.06. The topological polar surface area (TPSA) is 42.2 Å². The average Bonchev–Trinajstić information content (AvgIpc) is 2.59. The highest BCUT2D eigenvalue weighted by Crippen LogP contribution is 2.36. The van der Waals surface area contributed by atoms with Crippen molar-refractivity contribution in [2.45, 2.75) is 39.7 Å². The van der Waals surface area contributed by atoms with Crippen LogP contribution in [-0.2, 0) is 0 Å². The van der Waals surface area contributed by atoms with Gasteiger partial charge < -0.3 is 10.6 Å². The smallest absolute Gasteiger partial charge is 0.129 e. The van der Waals surface area contributed by atoms with Gasteiger partial charge in [-0.15, -0.1) is 0 Å². The van der Waals surface area contributed by atoms with Crippen LogP contribution in [-0.4, -0.2) is 24.1 Å². The van der Waals surface area contributed by atoms with Crippen LogP contribution in [0.4, 0.5) is 5.82 Å². The number of hydrogen-bond donors (Lipinski definition) is 1. The number of piperidine rings is 1. The van der Waals surface area contributed by atoms with Crippen molar-refractivity contribution in [3.63, 3.8) is 0 Å². The first kappa shape index (κ1) is 18.0. The molecule has 0 unspecified atom stereocenters. The average molecular weight is 354 g/mol. The Morgan fingerprint density at radius 2 is 1.88 bits per heavy atom. The van der Waals surface area contributed by atoms with E-state index in [9.17, 15) is 0 Å². The molecule has 132 valence electrons. The number of thioether (sulfide) groups is 1. The standard InChI is InChI=1S/C21H27N3S/c1-14(2)21(25-15(3)4)16-5-6-17-13-23-20(12-18(17)11-16)24-9-7-19(22)8-10-24/h5-6,11-13,19H,3,7-10,22H2,1-2,4H3. The molecule has 0 aliphatic carbocycles. The summed E-state index contributed by atoms with van der Waals surface area (Å²) < 4.78 is 0. The number of aromatic nitrogens is 1. The molecule has 0 amide bonds. The third kappa shape index (κ3) is 4.25. The SMILES string of the molecule is C=C(C)SC(=C(C)C)c1ccc2cnc(N3CCC(N)CC3)cc2c1. The van der Waals surface area contributed by atoms with Crippen LogP contribution >= 0.6 is 11.8 Å². The molecule has 1 aromatic heterocycles. The van der Waals surface area contributed by atoms with Crippen molar-refractivity contribution in [2.75, 3.05) is 18.0 Å². The van der Waals surface area contributed by atoms with E-state index in [-0.39, 0.29) is 0 Å². The normalized spacial score (nSPS) is 15.4. The van der Waals surface area contributed by atoms with Gasteiger partial charge in [-0.3, -0.25) is 0 Å². The molecule has 0 radical (unpaired) electrons. The number of nitrogens with zero attached hydrogens (tertiary/aromatic N) is 2. The molecule has 2 aromatic rings.